The molecule has 0 bridgehead atoms. The fourth-order valence-corrected chi connectivity index (χ4v) is 3.54. The first-order valence-corrected chi connectivity index (χ1v) is 8.81. The van der Waals surface area contributed by atoms with Crippen molar-refractivity contribution < 1.29 is 13.9 Å². The number of pyridine rings is 1. The molecule has 0 N–H and O–H groups in total. The van der Waals surface area contributed by atoms with E-state index in [9.17, 15) is 9.18 Å². The first-order valence-electron chi connectivity index (χ1n) is 8.81. The molecule has 2 aromatic heterocycles. The van der Waals surface area contributed by atoms with Crippen LogP contribution >= 0.6 is 0 Å². The molecular weight excluding hydrogens is 353 g/mol. The predicted molar refractivity (Wildman–Crippen MR) is 94.4 cm³/mol. The Morgan fingerprint density at radius 3 is 2.96 bits per heavy atom. The van der Waals surface area contributed by atoms with E-state index >= 15 is 0 Å². The smallest absolute Gasteiger partial charge is 0.257 e. The van der Waals surface area contributed by atoms with Crippen molar-refractivity contribution in [3.05, 3.63) is 35.7 Å². The number of likely N-dealkylation sites (N-methyl/N-ethyl adjacent to an activating group) is 1. The second-order valence-corrected chi connectivity index (χ2v) is 6.83. The Morgan fingerprint density at radius 1 is 1.44 bits per heavy atom. The van der Waals surface area contributed by atoms with Crippen LogP contribution in [0.25, 0.3) is 0 Å². The number of likely N-dealkylation sites (tertiary alicyclic amines) is 1. The number of carbonyl (C=O) groups excluding carboxylic acids is 1. The van der Waals surface area contributed by atoms with Crippen LogP contribution in [0.4, 0.5) is 4.39 Å². The lowest BCUT2D eigenvalue weighted by Gasteiger charge is -2.45. The highest BCUT2D eigenvalue weighted by atomic mass is 19.1. The van der Waals surface area contributed by atoms with Gasteiger partial charge in [0.2, 0.25) is 0 Å². The van der Waals surface area contributed by atoms with E-state index in [4.69, 9.17) is 4.74 Å². The third-order valence-electron chi connectivity index (χ3n) is 5.07. The molecule has 1 aliphatic rings. The third kappa shape index (κ3) is 3.67. The molecule has 1 unspecified atom stereocenters. The summed E-state index contributed by atoms with van der Waals surface area (Å²) in [6, 6.07) is 1.41. The van der Waals surface area contributed by atoms with Gasteiger partial charge in [-0.3, -0.25) is 14.7 Å². The summed E-state index contributed by atoms with van der Waals surface area (Å²) in [5.41, 5.74) is -0.534. The highest BCUT2D eigenvalue weighted by molar-refractivity contribution is 5.94. The van der Waals surface area contributed by atoms with Crippen molar-refractivity contribution in [3.8, 4) is 0 Å². The van der Waals surface area contributed by atoms with Crippen LogP contribution in [0.3, 0.4) is 0 Å². The summed E-state index contributed by atoms with van der Waals surface area (Å²) in [6.07, 6.45) is 4.02. The Balaban J connectivity index is 1.92. The lowest BCUT2D eigenvalue weighted by molar-refractivity contribution is 0.0248. The summed E-state index contributed by atoms with van der Waals surface area (Å²) < 4.78 is 20.9. The average Bonchev–Trinajstić information content (AvgIpc) is 3.15. The van der Waals surface area contributed by atoms with E-state index in [1.807, 2.05) is 19.0 Å². The highest BCUT2D eigenvalue weighted by Gasteiger charge is 2.45. The molecule has 0 spiro atoms. The average molecular weight is 377 g/mol. The maximum atomic E-state index is 14.1. The molecule has 27 heavy (non-hydrogen) atoms. The number of piperidine rings is 1. The first-order chi connectivity index (χ1) is 13.0. The van der Waals surface area contributed by atoms with E-state index in [1.165, 1.54) is 12.3 Å². The van der Waals surface area contributed by atoms with Gasteiger partial charge >= 0.3 is 0 Å². The topological polar surface area (TPSA) is 89.3 Å². The molecule has 1 aliphatic heterocycles. The minimum atomic E-state index is -0.617. The van der Waals surface area contributed by atoms with Crippen LogP contribution in [0.1, 0.15) is 29.0 Å². The van der Waals surface area contributed by atoms with E-state index in [1.54, 1.807) is 16.7 Å². The lowest BCUT2D eigenvalue weighted by atomic mass is 9.86. The summed E-state index contributed by atoms with van der Waals surface area (Å²) in [4.78, 5) is 20.3. The number of carbonyl (C=O) groups is 1. The Labute approximate surface area is 157 Å². The minimum Gasteiger partial charge on any atom is -0.383 e. The fourth-order valence-electron chi connectivity index (χ4n) is 3.54. The molecule has 9 nitrogen and oxygen atoms in total. The zero-order valence-electron chi connectivity index (χ0n) is 15.8. The maximum absolute atomic E-state index is 14.1. The van der Waals surface area contributed by atoms with Gasteiger partial charge in [0.1, 0.15) is 5.54 Å². The van der Waals surface area contributed by atoms with Crippen molar-refractivity contribution in [3.63, 3.8) is 0 Å². The lowest BCUT2D eigenvalue weighted by Crippen LogP contribution is -2.56. The number of hydrogen-bond acceptors (Lipinski definition) is 7. The normalized spacial score (nSPS) is 20.3. The number of halogens is 1. The Bertz CT molecular complexity index is 797. The maximum Gasteiger partial charge on any atom is 0.257 e. The summed E-state index contributed by atoms with van der Waals surface area (Å²) in [5.74, 6) is -0.289. The Morgan fingerprint density at radius 2 is 2.26 bits per heavy atom. The molecule has 2 aromatic rings. The molecule has 0 radical (unpaired) electrons. The fraction of sp³-hybridized carbons (Fsp3) is 0.588. The van der Waals surface area contributed by atoms with Gasteiger partial charge in [-0.05, 0) is 43.4 Å². The van der Waals surface area contributed by atoms with Crippen LogP contribution in [-0.2, 0) is 16.8 Å². The molecule has 1 saturated heterocycles. The number of aromatic nitrogens is 5. The third-order valence-corrected chi connectivity index (χ3v) is 5.07. The van der Waals surface area contributed by atoms with Crippen LogP contribution in [0, 0.1) is 5.82 Å². The van der Waals surface area contributed by atoms with Crippen molar-refractivity contribution in [1.29, 1.82) is 0 Å². The van der Waals surface area contributed by atoms with E-state index in [0.717, 1.165) is 19.0 Å². The monoisotopic (exact) mass is 377 g/mol. The molecule has 1 fully saturated rings. The van der Waals surface area contributed by atoms with E-state index in [2.05, 4.69) is 20.5 Å². The van der Waals surface area contributed by atoms with Crippen LogP contribution in [0.2, 0.25) is 0 Å². The Kier molecular flexibility index (Phi) is 5.76. The summed E-state index contributed by atoms with van der Waals surface area (Å²) in [5, 5.41) is 12.2. The molecule has 1 atom stereocenters. The first kappa shape index (κ1) is 19.3. The summed E-state index contributed by atoms with van der Waals surface area (Å²) >= 11 is 0. The molecule has 0 saturated carbocycles. The molecule has 3 heterocycles. The van der Waals surface area contributed by atoms with E-state index in [-0.39, 0.29) is 11.5 Å². The number of methoxy groups -OCH3 is 1. The van der Waals surface area contributed by atoms with Gasteiger partial charge in [-0.15, -0.1) is 5.10 Å². The molecule has 10 heteroatoms. The number of tetrazole rings is 1. The molecule has 146 valence electrons. The van der Waals surface area contributed by atoms with Crippen LogP contribution in [-0.4, -0.2) is 81.8 Å². The number of nitrogens with zero attached hydrogens (tertiary/aromatic N) is 7. The van der Waals surface area contributed by atoms with Gasteiger partial charge < -0.3 is 9.64 Å². The zero-order chi connectivity index (χ0) is 19.4. The van der Waals surface area contributed by atoms with Crippen molar-refractivity contribution in [2.75, 3.05) is 40.9 Å². The largest absolute Gasteiger partial charge is 0.383 e. The quantitative estimate of drug-likeness (QED) is 0.726. The zero-order valence-corrected chi connectivity index (χ0v) is 15.8. The van der Waals surface area contributed by atoms with Crippen molar-refractivity contribution in [2.24, 2.45) is 0 Å². The van der Waals surface area contributed by atoms with E-state index in [0.29, 0.717) is 32.1 Å². The number of hydrogen-bond donors (Lipinski definition) is 0. The molecule has 1 amide bonds. The van der Waals surface area contributed by atoms with Crippen LogP contribution in [0.5, 0.6) is 0 Å². The Hall–Kier alpha value is -2.46. The number of amides is 1. The summed E-state index contributed by atoms with van der Waals surface area (Å²) in [7, 11) is 5.50. The van der Waals surface area contributed by atoms with Gasteiger partial charge in [-0.1, -0.05) is 0 Å². The van der Waals surface area contributed by atoms with Gasteiger partial charge in [-0.25, -0.2) is 9.07 Å². The van der Waals surface area contributed by atoms with Crippen molar-refractivity contribution in [2.45, 2.75) is 24.9 Å². The van der Waals surface area contributed by atoms with Crippen LogP contribution < -0.4 is 0 Å². The SMILES string of the molecule is COCCn1nnnc1C1(N(C)C)CCCN(C(=O)c2ccncc2F)C1. The van der Waals surface area contributed by atoms with Crippen molar-refractivity contribution in [1.82, 2.24) is 35.0 Å². The van der Waals surface area contributed by atoms with Gasteiger partial charge in [0.05, 0.1) is 24.9 Å². The van der Waals surface area contributed by atoms with Gasteiger partial charge in [0.15, 0.2) is 11.6 Å². The predicted octanol–water partition coefficient (Wildman–Crippen LogP) is 0.547. The van der Waals surface area contributed by atoms with Gasteiger partial charge in [-0.2, -0.15) is 0 Å². The van der Waals surface area contributed by atoms with Gasteiger partial charge in [0.25, 0.3) is 5.91 Å². The second-order valence-electron chi connectivity index (χ2n) is 6.83. The molecule has 3 rings (SSSR count). The van der Waals surface area contributed by atoms with Gasteiger partial charge in [0, 0.05) is 26.4 Å². The second kappa shape index (κ2) is 8.05. The van der Waals surface area contributed by atoms with Crippen LogP contribution in [0.15, 0.2) is 18.5 Å². The highest BCUT2D eigenvalue weighted by Crippen LogP contribution is 2.35. The molecule has 0 aromatic carbocycles. The minimum absolute atomic E-state index is 0.0264. The number of ether oxygens (including phenoxy) is 1. The van der Waals surface area contributed by atoms with Crippen molar-refractivity contribution >= 4 is 5.91 Å². The molecular formula is C17H24FN7O2. The van der Waals surface area contributed by atoms with E-state index < -0.39 is 11.4 Å². The summed E-state index contributed by atoms with van der Waals surface area (Å²) in [6.45, 7) is 1.91. The standard InChI is InChI=1S/C17H24FN7O2/c1-23(2)17(16-20-21-22-25(16)9-10-27-3)6-4-8-24(12-17)15(26)13-5-7-19-11-14(13)18/h5,7,11H,4,6,8-10,12H2,1-3H3. The number of rotatable bonds is 6. The molecule has 0 aliphatic carbocycles.